The second kappa shape index (κ2) is 14.0. The lowest BCUT2D eigenvalue weighted by molar-refractivity contribution is -0.117. The molecule has 0 aliphatic rings. The molecule has 0 bridgehead atoms. The van der Waals surface area contributed by atoms with E-state index in [0.717, 1.165) is 37.0 Å². The van der Waals surface area contributed by atoms with Crippen molar-refractivity contribution >= 4 is 21.8 Å². The van der Waals surface area contributed by atoms with E-state index < -0.39 is 10.8 Å². The van der Waals surface area contributed by atoms with E-state index in [2.05, 4.69) is 5.92 Å². The van der Waals surface area contributed by atoms with Crippen LogP contribution in [0.5, 0.6) is 5.75 Å². The van der Waals surface area contributed by atoms with E-state index in [0.29, 0.717) is 38.3 Å². The molecule has 0 saturated heterocycles. The van der Waals surface area contributed by atoms with E-state index in [9.17, 15) is 13.8 Å². The third-order valence-corrected chi connectivity index (χ3v) is 5.38. The summed E-state index contributed by atoms with van der Waals surface area (Å²) in [5.74, 6) is 3.83. The molecule has 0 aliphatic heterocycles. The van der Waals surface area contributed by atoms with Gasteiger partial charge in [0.05, 0.1) is 6.61 Å². The highest BCUT2D eigenvalue weighted by atomic mass is 32.2. The molecule has 0 aliphatic carbocycles. The molecule has 1 atom stereocenters. The number of carbonyl (C=O) groups excluding carboxylic acids is 2. The Morgan fingerprint density at radius 1 is 1.14 bits per heavy atom. The van der Waals surface area contributed by atoms with Gasteiger partial charge in [-0.05, 0) is 50.3 Å². The summed E-state index contributed by atoms with van der Waals surface area (Å²) in [6.45, 7) is 4.81. The average molecular weight is 406 g/mol. The van der Waals surface area contributed by atoms with E-state index >= 15 is 0 Å². The molecule has 0 heterocycles. The molecule has 1 aromatic rings. The fraction of sp³-hybridized carbons (Fsp3) is 0.545. The van der Waals surface area contributed by atoms with Gasteiger partial charge in [0.25, 0.3) is 0 Å². The standard InChI is InChI=1S/C22H31NO4S/c1-4-6-7-10-17-27-21-14-12-20(13-15-21)18-23(22(25)28(26)5-2)16-9-8-11-19(3)24/h1,12-15H,5-11,16-18H2,2-3H3/t28-/m1/s1. The van der Waals surface area contributed by atoms with Crippen LogP contribution in [0.4, 0.5) is 4.79 Å². The Morgan fingerprint density at radius 3 is 2.46 bits per heavy atom. The molecule has 0 saturated carbocycles. The van der Waals surface area contributed by atoms with Crippen LogP contribution in [-0.2, 0) is 22.1 Å². The van der Waals surface area contributed by atoms with E-state index in [1.165, 1.54) is 0 Å². The van der Waals surface area contributed by atoms with Crippen molar-refractivity contribution in [2.75, 3.05) is 18.9 Å². The molecular formula is C22H31NO4S. The fourth-order valence-corrected chi connectivity index (χ4v) is 3.30. The van der Waals surface area contributed by atoms with Crippen molar-refractivity contribution in [3.8, 4) is 18.1 Å². The van der Waals surface area contributed by atoms with Crippen molar-refractivity contribution in [1.82, 2.24) is 4.90 Å². The maximum atomic E-state index is 12.4. The molecule has 1 rings (SSSR count). The first-order valence-electron chi connectivity index (χ1n) is 9.79. The largest absolute Gasteiger partial charge is 0.494 e. The normalized spacial score (nSPS) is 11.5. The van der Waals surface area contributed by atoms with E-state index in [4.69, 9.17) is 11.2 Å². The van der Waals surface area contributed by atoms with Gasteiger partial charge in [-0.2, -0.15) is 0 Å². The molecular weight excluding hydrogens is 374 g/mol. The quantitative estimate of drug-likeness (QED) is 0.362. The van der Waals surface area contributed by atoms with Gasteiger partial charge in [-0.25, -0.2) is 4.21 Å². The molecule has 1 aromatic carbocycles. The van der Waals surface area contributed by atoms with Gasteiger partial charge >= 0.3 is 5.24 Å². The maximum absolute atomic E-state index is 12.4. The molecule has 0 unspecified atom stereocenters. The van der Waals surface area contributed by atoms with Crippen LogP contribution in [0.2, 0.25) is 0 Å². The fourth-order valence-electron chi connectivity index (χ4n) is 2.61. The number of nitrogens with zero attached hydrogens (tertiary/aromatic N) is 1. The molecule has 0 radical (unpaired) electrons. The van der Waals surface area contributed by atoms with Crippen molar-refractivity contribution in [3.63, 3.8) is 0 Å². The van der Waals surface area contributed by atoms with Crippen LogP contribution in [0.1, 0.15) is 57.9 Å². The highest BCUT2D eigenvalue weighted by molar-refractivity contribution is 8.00. The Bertz CT molecular complexity index is 679. The lowest BCUT2D eigenvalue weighted by atomic mass is 10.1. The summed E-state index contributed by atoms with van der Waals surface area (Å²) in [4.78, 5) is 25.1. The van der Waals surface area contributed by atoms with Crippen molar-refractivity contribution < 1.29 is 18.5 Å². The Kier molecular flexibility index (Phi) is 11.9. The number of Topliss-reactive ketones (excluding diaryl/α,β-unsaturated/α-hetero) is 1. The third kappa shape index (κ3) is 9.70. The molecule has 0 fully saturated rings. The smallest absolute Gasteiger partial charge is 0.312 e. The second-order valence-electron chi connectivity index (χ2n) is 6.63. The van der Waals surface area contributed by atoms with Crippen LogP contribution in [0, 0.1) is 12.3 Å². The van der Waals surface area contributed by atoms with Crippen LogP contribution < -0.4 is 4.74 Å². The number of ketones is 1. The highest BCUT2D eigenvalue weighted by Gasteiger charge is 2.19. The molecule has 154 valence electrons. The molecule has 0 N–H and O–H groups in total. The zero-order valence-electron chi connectivity index (χ0n) is 16.9. The second-order valence-corrected chi connectivity index (χ2v) is 8.25. The number of benzene rings is 1. The molecule has 0 spiro atoms. The monoisotopic (exact) mass is 405 g/mol. The number of amides is 1. The third-order valence-electron chi connectivity index (χ3n) is 4.20. The number of hydrogen-bond acceptors (Lipinski definition) is 4. The average Bonchev–Trinajstić information content (AvgIpc) is 2.69. The number of unbranched alkanes of at least 4 members (excludes halogenated alkanes) is 3. The van der Waals surface area contributed by atoms with Crippen LogP contribution >= 0.6 is 0 Å². The van der Waals surface area contributed by atoms with Crippen molar-refractivity contribution in [3.05, 3.63) is 29.8 Å². The number of ether oxygens (including phenoxy) is 1. The number of terminal acetylenes is 1. The molecule has 1 amide bonds. The Balaban J connectivity index is 2.60. The Labute approximate surface area is 171 Å². The van der Waals surface area contributed by atoms with Gasteiger partial charge < -0.3 is 14.4 Å². The SMILES string of the molecule is C#CCCCCOc1ccc(CN(CCCCC(C)=O)C(=O)[S@](=O)CC)cc1. The zero-order valence-corrected chi connectivity index (χ0v) is 17.8. The Hall–Kier alpha value is -2.13. The van der Waals surface area contributed by atoms with Gasteiger partial charge in [-0.1, -0.05) is 19.1 Å². The summed E-state index contributed by atoms with van der Waals surface area (Å²) < 4.78 is 17.7. The van der Waals surface area contributed by atoms with Gasteiger partial charge in [0, 0.05) is 31.7 Å². The zero-order chi connectivity index (χ0) is 20.8. The predicted octanol–water partition coefficient (Wildman–Crippen LogP) is 4.32. The topological polar surface area (TPSA) is 63.7 Å². The van der Waals surface area contributed by atoms with Gasteiger partial charge in [-0.15, -0.1) is 12.3 Å². The van der Waals surface area contributed by atoms with Crippen LogP contribution in [-0.4, -0.2) is 39.0 Å². The van der Waals surface area contributed by atoms with Gasteiger partial charge in [0.2, 0.25) is 0 Å². The minimum Gasteiger partial charge on any atom is -0.494 e. The van der Waals surface area contributed by atoms with Gasteiger partial charge in [0.1, 0.15) is 22.3 Å². The molecule has 5 nitrogen and oxygen atoms in total. The molecule has 28 heavy (non-hydrogen) atoms. The minimum atomic E-state index is -1.52. The van der Waals surface area contributed by atoms with Gasteiger partial charge in [0.15, 0.2) is 0 Å². The van der Waals surface area contributed by atoms with Crippen LogP contribution in [0.15, 0.2) is 24.3 Å². The summed E-state index contributed by atoms with van der Waals surface area (Å²) in [5.41, 5.74) is 0.952. The number of rotatable bonds is 13. The number of hydrogen-bond donors (Lipinski definition) is 0. The number of carbonyl (C=O) groups is 2. The highest BCUT2D eigenvalue weighted by Crippen LogP contribution is 2.16. The van der Waals surface area contributed by atoms with E-state index in [1.54, 1.807) is 18.7 Å². The summed E-state index contributed by atoms with van der Waals surface area (Å²) in [6.07, 6.45) is 9.80. The van der Waals surface area contributed by atoms with Crippen LogP contribution in [0.3, 0.4) is 0 Å². The summed E-state index contributed by atoms with van der Waals surface area (Å²) in [7, 11) is -1.52. The van der Waals surface area contributed by atoms with Crippen molar-refractivity contribution in [2.45, 2.75) is 58.9 Å². The lowest BCUT2D eigenvalue weighted by Crippen LogP contribution is -2.33. The Morgan fingerprint density at radius 2 is 1.86 bits per heavy atom. The summed E-state index contributed by atoms with van der Waals surface area (Å²) in [5, 5.41) is -0.348. The van der Waals surface area contributed by atoms with E-state index in [-0.39, 0.29) is 11.0 Å². The van der Waals surface area contributed by atoms with Crippen LogP contribution in [0.25, 0.3) is 0 Å². The first-order valence-corrected chi connectivity index (χ1v) is 11.1. The maximum Gasteiger partial charge on any atom is 0.312 e. The first kappa shape index (κ1) is 23.9. The first-order chi connectivity index (χ1) is 13.5. The van der Waals surface area contributed by atoms with E-state index in [1.807, 2.05) is 24.3 Å². The predicted molar refractivity (Wildman–Crippen MR) is 114 cm³/mol. The van der Waals surface area contributed by atoms with Crippen molar-refractivity contribution in [1.29, 1.82) is 0 Å². The summed E-state index contributed by atoms with van der Waals surface area (Å²) >= 11 is 0. The van der Waals surface area contributed by atoms with Gasteiger partial charge in [-0.3, -0.25) is 4.79 Å². The molecule has 0 aromatic heterocycles. The molecule has 6 heteroatoms. The lowest BCUT2D eigenvalue weighted by Gasteiger charge is -2.22. The van der Waals surface area contributed by atoms with Crippen molar-refractivity contribution in [2.24, 2.45) is 0 Å². The summed E-state index contributed by atoms with van der Waals surface area (Å²) in [6, 6.07) is 7.60. The minimum absolute atomic E-state index is 0.143.